The summed E-state index contributed by atoms with van der Waals surface area (Å²) in [6.45, 7) is 2.52. The molecule has 2 aromatic heterocycles. The molecule has 0 saturated heterocycles. The van der Waals surface area contributed by atoms with Crippen molar-refractivity contribution in [3.63, 3.8) is 0 Å². The quantitative estimate of drug-likeness (QED) is 0.671. The summed E-state index contributed by atoms with van der Waals surface area (Å²) >= 11 is 1.22. The zero-order valence-electron chi connectivity index (χ0n) is 14.7. The number of hydrogen-bond donors (Lipinski definition) is 1. The van der Waals surface area contributed by atoms with Gasteiger partial charge in [-0.3, -0.25) is 4.72 Å². The first kappa shape index (κ1) is 19.0. The Morgan fingerprint density at radius 2 is 2.00 bits per heavy atom. The van der Waals surface area contributed by atoms with Gasteiger partial charge in [0.15, 0.2) is 5.82 Å². The summed E-state index contributed by atoms with van der Waals surface area (Å²) in [5.74, 6) is -1.62. The molecule has 0 bridgehead atoms. The van der Waals surface area contributed by atoms with E-state index in [9.17, 15) is 17.2 Å². The summed E-state index contributed by atoms with van der Waals surface area (Å²) in [5, 5.41) is 4.09. The molecule has 1 aliphatic rings. The number of fused-ring (bicyclic) bond motifs is 1. The monoisotopic (exact) mass is 427 g/mol. The van der Waals surface area contributed by atoms with E-state index in [1.54, 1.807) is 6.92 Å². The lowest BCUT2D eigenvalue weighted by Gasteiger charge is -2.12. The number of halogens is 2. The number of benzene rings is 1. The zero-order valence-corrected chi connectivity index (χ0v) is 16.3. The van der Waals surface area contributed by atoms with Crippen molar-refractivity contribution in [2.75, 3.05) is 11.3 Å². The van der Waals surface area contributed by atoms with Gasteiger partial charge >= 0.3 is 0 Å². The van der Waals surface area contributed by atoms with Crippen molar-refractivity contribution in [1.82, 2.24) is 10.1 Å². The molecule has 3 heterocycles. The molecule has 1 N–H and O–H groups in total. The predicted octanol–water partition coefficient (Wildman–Crippen LogP) is 3.40. The van der Waals surface area contributed by atoms with Gasteiger partial charge in [-0.2, -0.15) is 4.98 Å². The average Bonchev–Trinajstić information content (AvgIpc) is 3.15. The van der Waals surface area contributed by atoms with Crippen LogP contribution in [0.4, 0.5) is 13.8 Å². The molecule has 0 spiro atoms. The Balaban J connectivity index is 1.70. The lowest BCUT2D eigenvalue weighted by Crippen LogP contribution is -2.15. The maximum atomic E-state index is 13.4. The summed E-state index contributed by atoms with van der Waals surface area (Å²) < 4.78 is 65.2. The van der Waals surface area contributed by atoms with E-state index in [-0.39, 0.29) is 11.5 Å². The van der Waals surface area contributed by atoms with Crippen LogP contribution < -0.4 is 4.72 Å². The standard InChI is InChI=1S/C17H15F2N3O4S2/c1-9-20-16(26-21-9)15-13-2-3-25-7-14(13)27-17(15)22-28(23,24)8-10-4-11(18)6-12(19)5-10/h4-6,22H,2-3,7-8H2,1H3. The van der Waals surface area contributed by atoms with Crippen LogP contribution in [0.3, 0.4) is 0 Å². The molecule has 1 aromatic carbocycles. The smallest absolute Gasteiger partial charge is 0.261 e. The molecule has 0 unspecified atom stereocenters. The van der Waals surface area contributed by atoms with Gasteiger partial charge in [0, 0.05) is 10.9 Å². The van der Waals surface area contributed by atoms with Gasteiger partial charge in [0.2, 0.25) is 10.0 Å². The number of hydrogen-bond acceptors (Lipinski definition) is 7. The fraction of sp³-hybridized carbons (Fsp3) is 0.294. The van der Waals surface area contributed by atoms with Crippen molar-refractivity contribution in [3.05, 3.63) is 51.7 Å². The minimum Gasteiger partial charge on any atom is -0.376 e. The van der Waals surface area contributed by atoms with Crippen LogP contribution in [0.2, 0.25) is 0 Å². The van der Waals surface area contributed by atoms with E-state index in [4.69, 9.17) is 9.26 Å². The van der Waals surface area contributed by atoms with Crippen LogP contribution in [0.5, 0.6) is 0 Å². The second-order valence-corrected chi connectivity index (χ2v) is 9.12. The maximum absolute atomic E-state index is 13.4. The first-order valence-electron chi connectivity index (χ1n) is 8.29. The van der Waals surface area contributed by atoms with Gasteiger partial charge in [0.05, 0.1) is 24.5 Å². The molecule has 3 aromatic rings. The van der Waals surface area contributed by atoms with E-state index in [1.165, 1.54) is 11.3 Å². The second-order valence-electron chi connectivity index (χ2n) is 6.30. The Kier molecular flexibility index (Phi) is 4.89. The Labute approximate surface area is 163 Å². The third-order valence-corrected chi connectivity index (χ3v) is 6.57. The number of sulfonamides is 1. The van der Waals surface area contributed by atoms with Crippen molar-refractivity contribution in [2.24, 2.45) is 0 Å². The van der Waals surface area contributed by atoms with Crippen LogP contribution in [-0.2, 0) is 33.5 Å². The van der Waals surface area contributed by atoms with E-state index in [0.29, 0.717) is 42.1 Å². The zero-order chi connectivity index (χ0) is 19.9. The van der Waals surface area contributed by atoms with Crippen molar-refractivity contribution in [2.45, 2.75) is 25.7 Å². The number of thiophene rings is 1. The summed E-state index contributed by atoms with van der Waals surface area (Å²) in [6, 6.07) is 2.66. The van der Waals surface area contributed by atoms with Gasteiger partial charge < -0.3 is 9.26 Å². The predicted molar refractivity (Wildman–Crippen MR) is 98.3 cm³/mol. The van der Waals surface area contributed by atoms with Crippen LogP contribution in [0.1, 0.15) is 21.8 Å². The average molecular weight is 427 g/mol. The van der Waals surface area contributed by atoms with Gasteiger partial charge in [-0.15, -0.1) is 11.3 Å². The highest BCUT2D eigenvalue weighted by Crippen LogP contribution is 2.43. The minimum absolute atomic E-state index is 0.00448. The van der Waals surface area contributed by atoms with Crippen LogP contribution in [0.25, 0.3) is 11.5 Å². The van der Waals surface area contributed by atoms with E-state index >= 15 is 0 Å². The van der Waals surface area contributed by atoms with E-state index in [0.717, 1.165) is 22.6 Å². The molecule has 11 heteroatoms. The highest BCUT2D eigenvalue weighted by atomic mass is 32.2. The van der Waals surface area contributed by atoms with E-state index < -0.39 is 27.4 Å². The molecule has 4 rings (SSSR count). The topological polar surface area (TPSA) is 94.3 Å². The number of nitrogens with zero attached hydrogens (tertiary/aromatic N) is 2. The molecule has 7 nitrogen and oxygen atoms in total. The fourth-order valence-corrected chi connectivity index (χ4v) is 5.66. The molecule has 0 atom stereocenters. The van der Waals surface area contributed by atoms with Crippen molar-refractivity contribution < 1.29 is 26.5 Å². The molecule has 0 radical (unpaired) electrons. The molecule has 0 saturated carbocycles. The summed E-state index contributed by atoms with van der Waals surface area (Å²) in [6.07, 6.45) is 0.583. The Bertz CT molecular complexity index is 1120. The van der Waals surface area contributed by atoms with Gasteiger partial charge in [-0.25, -0.2) is 17.2 Å². The SMILES string of the molecule is Cc1noc(-c2c(NS(=O)(=O)Cc3cc(F)cc(F)c3)sc3c2CCOC3)n1. The van der Waals surface area contributed by atoms with Crippen LogP contribution in [-0.4, -0.2) is 25.2 Å². The minimum atomic E-state index is -3.95. The van der Waals surface area contributed by atoms with Crippen molar-refractivity contribution >= 4 is 26.4 Å². The highest BCUT2D eigenvalue weighted by Gasteiger charge is 2.28. The van der Waals surface area contributed by atoms with E-state index in [1.807, 2.05) is 0 Å². The summed E-state index contributed by atoms with van der Waals surface area (Å²) in [4.78, 5) is 5.08. The van der Waals surface area contributed by atoms with Crippen molar-refractivity contribution in [1.29, 1.82) is 0 Å². The maximum Gasteiger partial charge on any atom is 0.261 e. The molecular weight excluding hydrogens is 412 g/mol. The number of aromatic nitrogens is 2. The Hall–Kier alpha value is -2.37. The Morgan fingerprint density at radius 1 is 1.25 bits per heavy atom. The molecule has 0 amide bonds. The molecular formula is C17H15F2N3O4S2. The van der Waals surface area contributed by atoms with Gasteiger partial charge in [0.25, 0.3) is 5.89 Å². The summed E-state index contributed by atoms with van der Waals surface area (Å²) in [7, 11) is -3.95. The highest BCUT2D eigenvalue weighted by molar-refractivity contribution is 7.92. The normalized spacial score (nSPS) is 14.1. The van der Waals surface area contributed by atoms with E-state index in [2.05, 4.69) is 14.9 Å². The Morgan fingerprint density at radius 3 is 2.68 bits per heavy atom. The van der Waals surface area contributed by atoms with Gasteiger partial charge in [-0.05, 0) is 36.6 Å². The molecule has 0 fully saturated rings. The third kappa shape index (κ3) is 3.91. The second kappa shape index (κ2) is 7.22. The third-order valence-electron chi connectivity index (χ3n) is 4.09. The van der Waals surface area contributed by atoms with Crippen LogP contribution in [0.15, 0.2) is 22.7 Å². The summed E-state index contributed by atoms with van der Waals surface area (Å²) in [5.41, 5.74) is 1.43. The number of rotatable bonds is 5. The lowest BCUT2D eigenvalue weighted by molar-refractivity contribution is 0.113. The van der Waals surface area contributed by atoms with Crippen LogP contribution in [0, 0.1) is 18.6 Å². The van der Waals surface area contributed by atoms with Crippen LogP contribution >= 0.6 is 11.3 Å². The largest absolute Gasteiger partial charge is 0.376 e. The molecule has 28 heavy (non-hydrogen) atoms. The lowest BCUT2D eigenvalue weighted by atomic mass is 10.1. The van der Waals surface area contributed by atoms with Crippen molar-refractivity contribution in [3.8, 4) is 11.5 Å². The number of nitrogens with one attached hydrogen (secondary N) is 1. The van der Waals surface area contributed by atoms with Gasteiger partial charge in [0.1, 0.15) is 16.6 Å². The molecule has 0 aliphatic carbocycles. The molecule has 148 valence electrons. The molecule has 1 aliphatic heterocycles. The first-order valence-corrected chi connectivity index (χ1v) is 10.8. The first-order chi connectivity index (χ1) is 13.3. The van der Waals surface area contributed by atoms with Gasteiger partial charge in [-0.1, -0.05) is 5.16 Å². The number of ether oxygens (including phenoxy) is 1. The fourth-order valence-electron chi connectivity index (χ4n) is 3.02. The number of anilines is 1. The number of aryl methyl sites for hydroxylation is 1.